The molecule has 1 heterocycles. The van der Waals surface area contributed by atoms with E-state index < -0.39 is 0 Å². The molecule has 0 saturated heterocycles. The van der Waals surface area contributed by atoms with E-state index in [-0.39, 0.29) is 0 Å². The van der Waals surface area contributed by atoms with E-state index in [0.29, 0.717) is 0 Å². The van der Waals surface area contributed by atoms with Crippen molar-refractivity contribution in [3.63, 3.8) is 0 Å². The highest BCUT2D eigenvalue weighted by Gasteiger charge is 1.93. The van der Waals surface area contributed by atoms with Gasteiger partial charge in [-0.1, -0.05) is 24.8 Å². The molecule has 0 saturated carbocycles. The Bertz CT molecular complexity index is 384. The van der Waals surface area contributed by atoms with Crippen LogP contribution < -0.4 is 0 Å². The van der Waals surface area contributed by atoms with Gasteiger partial charge in [-0.25, -0.2) is 0 Å². The monoisotopic (exact) mass is 143 g/mol. The average Bonchev–Trinajstić information content (AvgIpc) is 2.47. The maximum Gasteiger partial charge on any atom is 0.0522 e. The number of fused-ring (bicyclic) bond motifs is 1. The summed E-state index contributed by atoms with van der Waals surface area (Å²) >= 11 is 0. The number of para-hydroxylation sites is 1. The zero-order valence-electron chi connectivity index (χ0n) is 6.20. The summed E-state index contributed by atoms with van der Waals surface area (Å²) in [5, 5.41) is 1.26. The number of aromatic nitrogens is 1. The summed E-state index contributed by atoms with van der Waals surface area (Å²) in [5.41, 5.74) is 1.21. The third-order valence-electron chi connectivity index (χ3n) is 1.83. The van der Waals surface area contributed by atoms with Gasteiger partial charge >= 0.3 is 0 Å². The molecule has 0 atom stereocenters. The summed E-state index contributed by atoms with van der Waals surface area (Å²) in [6.45, 7) is 3.72. The Labute approximate surface area is 65.6 Å². The molecule has 1 heteroatoms. The third-order valence-corrected chi connectivity index (χ3v) is 1.83. The molecule has 54 valence electrons. The van der Waals surface area contributed by atoms with Crippen molar-refractivity contribution >= 4 is 17.1 Å². The van der Waals surface area contributed by atoms with Crippen LogP contribution in [0.25, 0.3) is 17.1 Å². The lowest BCUT2D eigenvalue weighted by molar-refractivity contribution is 1.23. The Morgan fingerprint density at radius 1 is 1.18 bits per heavy atom. The second-order valence-electron chi connectivity index (χ2n) is 2.46. The first kappa shape index (κ1) is 6.23. The molecule has 0 aliphatic heterocycles. The summed E-state index contributed by atoms with van der Waals surface area (Å²) in [6, 6.07) is 10.3. The molecule has 0 bridgehead atoms. The first-order chi connectivity index (χ1) is 5.42. The first-order valence-corrected chi connectivity index (χ1v) is 3.60. The van der Waals surface area contributed by atoms with Crippen molar-refractivity contribution in [3.05, 3.63) is 43.1 Å². The molecular formula is C10H9N. The van der Waals surface area contributed by atoms with Crippen LogP contribution in [-0.4, -0.2) is 4.57 Å². The molecule has 0 spiro atoms. The quantitative estimate of drug-likeness (QED) is 0.578. The van der Waals surface area contributed by atoms with E-state index in [1.54, 1.807) is 0 Å². The molecule has 0 fully saturated rings. The molecule has 0 aliphatic carbocycles. The van der Waals surface area contributed by atoms with Crippen LogP contribution in [0.15, 0.2) is 43.1 Å². The van der Waals surface area contributed by atoms with Crippen molar-refractivity contribution in [1.82, 2.24) is 4.57 Å². The van der Waals surface area contributed by atoms with Gasteiger partial charge in [0.2, 0.25) is 0 Å². The zero-order valence-corrected chi connectivity index (χ0v) is 6.20. The van der Waals surface area contributed by atoms with Crippen molar-refractivity contribution in [2.75, 3.05) is 0 Å². The maximum absolute atomic E-state index is 3.72. The summed E-state index contributed by atoms with van der Waals surface area (Å²) in [6.07, 6.45) is 3.82. The summed E-state index contributed by atoms with van der Waals surface area (Å²) < 4.78 is 2.01. The molecule has 1 aromatic heterocycles. The van der Waals surface area contributed by atoms with Crippen LogP contribution in [0.4, 0.5) is 0 Å². The van der Waals surface area contributed by atoms with E-state index in [4.69, 9.17) is 0 Å². The van der Waals surface area contributed by atoms with Crippen molar-refractivity contribution in [1.29, 1.82) is 0 Å². The Morgan fingerprint density at radius 3 is 2.82 bits per heavy atom. The lowest BCUT2D eigenvalue weighted by Crippen LogP contribution is -1.79. The standard InChI is InChI=1S/C10H9N/c1-2-11-8-7-9-5-3-4-6-10(9)11/h2-8H,1H2. The topological polar surface area (TPSA) is 4.93 Å². The van der Waals surface area contributed by atoms with Gasteiger partial charge in [0.15, 0.2) is 0 Å². The van der Waals surface area contributed by atoms with Gasteiger partial charge in [0.25, 0.3) is 0 Å². The molecule has 1 nitrogen and oxygen atoms in total. The number of hydrogen-bond acceptors (Lipinski definition) is 0. The highest BCUT2D eigenvalue weighted by Crippen LogP contribution is 2.14. The number of rotatable bonds is 1. The van der Waals surface area contributed by atoms with Crippen LogP contribution in [0, 0.1) is 0 Å². The molecular weight excluding hydrogens is 134 g/mol. The van der Waals surface area contributed by atoms with E-state index in [1.165, 1.54) is 10.9 Å². The van der Waals surface area contributed by atoms with Gasteiger partial charge in [-0.05, 0) is 17.5 Å². The largest absolute Gasteiger partial charge is 0.324 e. The molecule has 0 amide bonds. The summed E-state index contributed by atoms with van der Waals surface area (Å²) in [7, 11) is 0. The van der Waals surface area contributed by atoms with Crippen molar-refractivity contribution in [2.24, 2.45) is 0 Å². The second-order valence-corrected chi connectivity index (χ2v) is 2.46. The average molecular weight is 143 g/mol. The van der Waals surface area contributed by atoms with Crippen LogP contribution >= 0.6 is 0 Å². The molecule has 2 aromatic rings. The van der Waals surface area contributed by atoms with Gasteiger partial charge < -0.3 is 4.57 Å². The predicted molar refractivity (Wildman–Crippen MR) is 48.3 cm³/mol. The van der Waals surface area contributed by atoms with Gasteiger partial charge in [0.1, 0.15) is 0 Å². The van der Waals surface area contributed by atoms with Crippen LogP contribution in [0.1, 0.15) is 0 Å². The molecule has 11 heavy (non-hydrogen) atoms. The SMILES string of the molecule is C=Cn1ccc2ccccc21. The molecule has 0 N–H and O–H groups in total. The minimum atomic E-state index is 1.21. The van der Waals surface area contributed by atoms with Gasteiger partial charge in [-0.15, -0.1) is 0 Å². The Kier molecular flexibility index (Phi) is 1.29. The minimum Gasteiger partial charge on any atom is -0.324 e. The van der Waals surface area contributed by atoms with Crippen molar-refractivity contribution in [2.45, 2.75) is 0 Å². The molecule has 2 rings (SSSR count). The first-order valence-electron chi connectivity index (χ1n) is 3.60. The Morgan fingerprint density at radius 2 is 2.00 bits per heavy atom. The molecule has 1 aromatic carbocycles. The van der Waals surface area contributed by atoms with E-state index in [9.17, 15) is 0 Å². The van der Waals surface area contributed by atoms with E-state index in [1.807, 2.05) is 29.1 Å². The fourth-order valence-corrected chi connectivity index (χ4v) is 1.26. The molecule has 0 aliphatic rings. The fraction of sp³-hybridized carbons (Fsp3) is 0. The smallest absolute Gasteiger partial charge is 0.0522 e. The Balaban J connectivity index is 2.86. The zero-order chi connectivity index (χ0) is 7.68. The van der Waals surface area contributed by atoms with Gasteiger partial charge in [0, 0.05) is 12.4 Å². The summed E-state index contributed by atoms with van der Waals surface area (Å²) in [5.74, 6) is 0. The lowest BCUT2D eigenvalue weighted by Gasteiger charge is -1.94. The van der Waals surface area contributed by atoms with E-state index in [2.05, 4.69) is 24.8 Å². The highest BCUT2D eigenvalue weighted by atomic mass is 14.9. The maximum atomic E-state index is 3.72. The summed E-state index contributed by atoms with van der Waals surface area (Å²) in [4.78, 5) is 0. The van der Waals surface area contributed by atoms with Crippen LogP contribution in [-0.2, 0) is 0 Å². The predicted octanol–water partition coefficient (Wildman–Crippen LogP) is 2.74. The van der Waals surface area contributed by atoms with Crippen LogP contribution in [0.2, 0.25) is 0 Å². The molecule has 0 unspecified atom stereocenters. The van der Waals surface area contributed by atoms with Gasteiger partial charge in [-0.2, -0.15) is 0 Å². The second kappa shape index (κ2) is 2.27. The van der Waals surface area contributed by atoms with E-state index in [0.717, 1.165) is 0 Å². The van der Waals surface area contributed by atoms with Crippen molar-refractivity contribution in [3.8, 4) is 0 Å². The fourth-order valence-electron chi connectivity index (χ4n) is 1.26. The lowest BCUT2D eigenvalue weighted by atomic mass is 10.2. The van der Waals surface area contributed by atoms with Gasteiger partial charge in [0.05, 0.1) is 5.52 Å². The number of hydrogen-bond donors (Lipinski definition) is 0. The Hall–Kier alpha value is -1.50. The van der Waals surface area contributed by atoms with E-state index >= 15 is 0 Å². The number of nitrogens with zero attached hydrogens (tertiary/aromatic N) is 1. The molecule has 0 radical (unpaired) electrons. The van der Waals surface area contributed by atoms with Crippen LogP contribution in [0.3, 0.4) is 0 Å². The normalized spacial score (nSPS) is 10.2. The van der Waals surface area contributed by atoms with Crippen molar-refractivity contribution < 1.29 is 0 Å². The van der Waals surface area contributed by atoms with Gasteiger partial charge in [-0.3, -0.25) is 0 Å². The highest BCUT2D eigenvalue weighted by molar-refractivity contribution is 5.81. The van der Waals surface area contributed by atoms with Crippen LogP contribution in [0.5, 0.6) is 0 Å². The third kappa shape index (κ3) is 0.855. The number of benzene rings is 1. The minimum absolute atomic E-state index is 1.21.